The van der Waals surface area contributed by atoms with Crippen LogP contribution in [-0.4, -0.2) is 0 Å². The number of rotatable bonds is 8. The van der Waals surface area contributed by atoms with E-state index in [4.69, 9.17) is 0 Å². The van der Waals surface area contributed by atoms with E-state index in [9.17, 15) is 0 Å². The van der Waals surface area contributed by atoms with Crippen LogP contribution in [0.2, 0.25) is 0 Å². The minimum absolute atomic E-state index is 0.904. The first-order chi connectivity index (χ1) is 9.08. The van der Waals surface area contributed by atoms with Gasteiger partial charge >= 0.3 is 0 Å². The number of benzene rings is 1. The van der Waals surface area contributed by atoms with Crippen LogP contribution in [0.25, 0.3) is 5.57 Å². The molecule has 0 fully saturated rings. The van der Waals surface area contributed by atoms with Crippen LogP contribution < -0.4 is 0 Å². The molecule has 0 saturated carbocycles. The van der Waals surface area contributed by atoms with Gasteiger partial charge in [0, 0.05) is 0 Å². The van der Waals surface area contributed by atoms with E-state index in [-0.39, 0.29) is 0 Å². The summed E-state index contributed by atoms with van der Waals surface area (Å²) < 4.78 is 0. The van der Waals surface area contributed by atoms with E-state index in [1.54, 1.807) is 0 Å². The van der Waals surface area contributed by atoms with Gasteiger partial charge in [0.25, 0.3) is 0 Å². The maximum Gasteiger partial charge on any atom is -0.0204 e. The molecule has 0 bridgehead atoms. The molecule has 0 radical (unpaired) electrons. The second-order valence-electron chi connectivity index (χ2n) is 5.88. The molecule has 19 heavy (non-hydrogen) atoms. The van der Waals surface area contributed by atoms with Crippen molar-refractivity contribution in [2.45, 2.75) is 66.2 Å². The Morgan fingerprint density at radius 3 is 2.47 bits per heavy atom. The molecule has 0 aliphatic carbocycles. The molecule has 0 N–H and O–H groups in total. The fraction of sp³-hybridized carbons (Fsp3) is 0.579. The highest BCUT2D eigenvalue weighted by molar-refractivity contribution is 5.64. The zero-order valence-electron chi connectivity index (χ0n) is 13.3. The van der Waals surface area contributed by atoms with Crippen LogP contribution in [0.1, 0.15) is 69.6 Å². The molecule has 1 atom stereocenters. The van der Waals surface area contributed by atoms with Gasteiger partial charge in [-0.25, -0.2) is 0 Å². The van der Waals surface area contributed by atoms with Gasteiger partial charge in [-0.2, -0.15) is 0 Å². The largest absolute Gasteiger partial charge is 0.0955 e. The Kier molecular flexibility index (Phi) is 6.91. The molecule has 0 heteroatoms. The van der Waals surface area contributed by atoms with Crippen molar-refractivity contribution in [3.05, 3.63) is 41.5 Å². The monoisotopic (exact) mass is 258 g/mol. The highest BCUT2D eigenvalue weighted by Gasteiger charge is 2.07. The summed E-state index contributed by atoms with van der Waals surface area (Å²) in [6, 6.07) is 6.86. The molecule has 1 aromatic rings. The molecule has 0 aliphatic rings. The highest BCUT2D eigenvalue weighted by atomic mass is 14.1. The summed E-state index contributed by atoms with van der Waals surface area (Å²) in [5.41, 5.74) is 5.32. The van der Waals surface area contributed by atoms with Gasteiger partial charge in [0.15, 0.2) is 0 Å². The quantitative estimate of drug-likeness (QED) is 0.522. The topological polar surface area (TPSA) is 0 Å². The van der Waals surface area contributed by atoms with Crippen molar-refractivity contribution in [2.24, 2.45) is 5.92 Å². The molecule has 0 amide bonds. The molecular weight excluding hydrogens is 228 g/mol. The van der Waals surface area contributed by atoms with Gasteiger partial charge in [0.2, 0.25) is 0 Å². The van der Waals surface area contributed by atoms with E-state index in [0.29, 0.717) is 0 Å². The second-order valence-corrected chi connectivity index (χ2v) is 5.88. The number of aryl methyl sites for hydroxylation is 2. The number of hydrogen-bond acceptors (Lipinski definition) is 0. The zero-order valence-corrected chi connectivity index (χ0v) is 13.3. The number of allylic oxidation sites excluding steroid dienone is 1. The molecule has 0 saturated heterocycles. The minimum Gasteiger partial charge on any atom is -0.0955 e. The van der Waals surface area contributed by atoms with Gasteiger partial charge in [-0.15, -0.1) is 0 Å². The lowest BCUT2D eigenvalue weighted by molar-refractivity contribution is 0.422. The summed E-state index contributed by atoms with van der Waals surface area (Å²) in [6.07, 6.45) is 7.98. The highest BCUT2D eigenvalue weighted by Crippen LogP contribution is 2.22. The number of unbranched alkanes of at least 4 members (excludes halogenated alkanes) is 1. The summed E-state index contributed by atoms with van der Waals surface area (Å²) in [5, 5.41) is 0. The molecule has 0 spiro atoms. The normalized spacial score (nSPS) is 12.4. The SMILES string of the molecule is C=C(C)c1ccc(CCC(CC)CCCC)cc1C. The van der Waals surface area contributed by atoms with Gasteiger partial charge in [-0.1, -0.05) is 69.9 Å². The van der Waals surface area contributed by atoms with Crippen molar-refractivity contribution >= 4 is 5.57 Å². The first-order valence-electron chi connectivity index (χ1n) is 7.83. The van der Waals surface area contributed by atoms with Crippen LogP contribution in [-0.2, 0) is 6.42 Å². The third kappa shape index (κ3) is 5.22. The number of hydrogen-bond donors (Lipinski definition) is 0. The Morgan fingerprint density at radius 2 is 1.95 bits per heavy atom. The maximum atomic E-state index is 4.04. The molecule has 0 aliphatic heterocycles. The second kappa shape index (κ2) is 8.19. The lowest BCUT2D eigenvalue weighted by Crippen LogP contribution is -2.01. The minimum atomic E-state index is 0.904. The van der Waals surface area contributed by atoms with E-state index >= 15 is 0 Å². The maximum absolute atomic E-state index is 4.04. The Hall–Kier alpha value is -1.04. The standard InChI is InChI=1S/C19H30/c1-6-8-9-17(7-2)10-11-18-12-13-19(15(3)4)16(5)14-18/h12-14,17H,3,6-11H2,1-2,4-5H3. The van der Waals surface area contributed by atoms with Gasteiger partial charge in [-0.3, -0.25) is 0 Å². The van der Waals surface area contributed by atoms with Gasteiger partial charge in [-0.05, 0) is 49.3 Å². The van der Waals surface area contributed by atoms with E-state index in [1.807, 2.05) is 0 Å². The van der Waals surface area contributed by atoms with Crippen molar-refractivity contribution in [1.82, 2.24) is 0 Å². The molecule has 106 valence electrons. The fourth-order valence-electron chi connectivity index (χ4n) is 2.78. The summed E-state index contributed by atoms with van der Waals surface area (Å²) >= 11 is 0. The van der Waals surface area contributed by atoms with Crippen LogP contribution >= 0.6 is 0 Å². The predicted octanol–water partition coefficient (Wildman–Crippen LogP) is 6.18. The average Bonchev–Trinajstić information content (AvgIpc) is 2.38. The molecule has 1 rings (SSSR count). The smallest absolute Gasteiger partial charge is 0.0204 e. The molecule has 0 heterocycles. The third-order valence-corrected chi connectivity index (χ3v) is 4.14. The lowest BCUT2D eigenvalue weighted by atomic mass is 9.91. The Bertz CT molecular complexity index is 400. The Labute approximate surface area is 119 Å². The van der Waals surface area contributed by atoms with Gasteiger partial charge < -0.3 is 0 Å². The van der Waals surface area contributed by atoms with E-state index < -0.39 is 0 Å². The van der Waals surface area contributed by atoms with Gasteiger partial charge in [0.1, 0.15) is 0 Å². The van der Waals surface area contributed by atoms with Crippen LogP contribution in [0.3, 0.4) is 0 Å². The summed E-state index contributed by atoms with van der Waals surface area (Å²) in [7, 11) is 0. The van der Waals surface area contributed by atoms with Gasteiger partial charge in [0.05, 0.1) is 0 Å². The van der Waals surface area contributed by atoms with Crippen molar-refractivity contribution < 1.29 is 0 Å². The molecule has 1 aromatic carbocycles. The predicted molar refractivity (Wildman–Crippen MR) is 87.5 cm³/mol. The van der Waals surface area contributed by atoms with Crippen molar-refractivity contribution in [3.63, 3.8) is 0 Å². The van der Waals surface area contributed by atoms with E-state index in [1.165, 1.54) is 60.8 Å². The first-order valence-corrected chi connectivity index (χ1v) is 7.83. The summed E-state index contributed by atoms with van der Waals surface area (Å²) in [4.78, 5) is 0. The molecular formula is C19H30. The van der Waals surface area contributed by atoms with Crippen LogP contribution in [0.4, 0.5) is 0 Å². The summed E-state index contributed by atoms with van der Waals surface area (Å²) in [6.45, 7) is 12.9. The van der Waals surface area contributed by atoms with E-state index in [2.05, 4.69) is 52.5 Å². The molecule has 1 unspecified atom stereocenters. The average molecular weight is 258 g/mol. The Balaban J connectivity index is 2.57. The fourth-order valence-corrected chi connectivity index (χ4v) is 2.78. The molecule has 0 nitrogen and oxygen atoms in total. The van der Waals surface area contributed by atoms with E-state index in [0.717, 1.165) is 5.92 Å². The zero-order chi connectivity index (χ0) is 14.3. The van der Waals surface area contributed by atoms with Crippen molar-refractivity contribution in [2.75, 3.05) is 0 Å². The van der Waals surface area contributed by atoms with Crippen LogP contribution in [0.15, 0.2) is 24.8 Å². The lowest BCUT2D eigenvalue weighted by Gasteiger charge is -2.15. The van der Waals surface area contributed by atoms with Crippen molar-refractivity contribution in [1.29, 1.82) is 0 Å². The summed E-state index contributed by atoms with van der Waals surface area (Å²) in [5.74, 6) is 0.904. The van der Waals surface area contributed by atoms with Crippen LogP contribution in [0, 0.1) is 12.8 Å². The Morgan fingerprint density at radius 1 is 1.21 bits per heavy atom. The first kappa shape index (κ1) is 16.0. The van der Waals surface area contributed by atoms with Crippen molar-refractivity contribution in [3.8, 4) is 0 Å². The third-order valence-electron chi connectivity index (χ3n) is 4.14. The molecule has 0 aromatic heterocycles. The van der Waals surface area contributed by atoms with Crippen LogP contribution in [0.5, 0.6) is 0 Å².